The predicted octanol–water partition coefficient (Wildman–Crippen LogP) is 7.08. The maximum Gasteiger partial charge on any atom is 0.138 e. The van der Waals surface area contributed by atoms with Gasteiger partial charge in [-0.25, -0.2) is 4.98 Å². The quantitative estimate of drug-likeness (QED) is 0.316. The molecule has 1 aliphatic heterocycles. The lowest BCUT2D eigenvalue weighted by Crippen LogP contribution is -1.99. The van der Waals surface area contributed by atoms with Crippen molar-refractivity contribution >= 4 is 34.6 Å². The summed E-state index contributed by atoms with van der Waals surface area (Å²) < 4.78 is 0. The van der Waals surface area contributed by atoms with Crippen LogP contribution in [0.3, 0.4) is 0 Å². The number of aromatic nitrogens is 2. The molecular weight excluding hydrogens is 390 g/mol. The molecule has 3 heteroatoms. The Balaban J connectivity index is 1.16. The maximum atomic E-state index is 4.78. The van der Waals surface area contributed by atoms with E-state index in [1.54, 1.807) is 0 Å². The third kappa shape index (κ3) is 3.54. The number of nitrogens with zero attached hydrogens (tertiary/aromatic N) is 2. The second-order valence-electron chi connectivity index (χ2n) is 8.04. The van der Waals surface area contributed by atoms with E-state index in [2.05, 4.69) is 88.9 Å². The summed E-state index contributed by atoms with van der Waals surface area (Å²) in [5.41, 5.74) is 10.2. The van der Waals surface area contributed by atoms with Gasteiger partial charge in [-0.1, -0.05) is 91.0 Å². The Kier molecular flexibility index (Phi) is 4.51. The highest BCUT2D eigenvalue weighted by atomic mass is 14.9. The molecule has 5 aromatic rings. The van der Waals surface area contributed by atoms with Crippen LogP contribution in [0.15, 0.2) is 102 Å². The topological polar surface area (TPSA) is 41.0 Å². The molecule has 2 heterocycles. The molecule has 0 unspecified atom stereocenters. The Morgan fingerprint density at radius 3 is 2.03 bits per heavy atom. The first-order chi connectivity index (χ1) is 15.8. The molecule has 32 heavy (non-hydrogen) atoms. The summed E-state index contributed by atoms with van der Waals surface area (Å²) in [4.78, 5) is 12.8. The molecule has 0 amide bonds. The molecule has 0 atom stereocenters. The second kappa shape index (κ2) is 7.78. The van der Waals surface area contributed by atoms with Crippen LogP contribution in [-0.4, -0.2) is 15.7 Å². The number of fused-ring (bicyclic) bond motifs is 2. The van der Waals surface area contributed by atoms with Crippen LogP contribution in [0.2, 0.25) is 0 Å². The summed E-state index contributed by atoms with van der Waals surface area (Å²) >= 11 is 0. The van der Waals surface area contributed by atoms with Crippen molar-refractivity contribution in [2.24, 2.45) is 4.99 Å². The SMILES string of the molecule is C(=Cc1ccc(-c2nc3ccccc3[nH]2)cc1)c1ccc(C2=Nc3ccccc3C2)cc1. The largest absolute Gasteiger partial charge is 0.338 e. The molecular formula is C29H21N3. The van der Waals surface area contributed by atoms with Crippen LogP contribution in [-0.2, 0) is 6.42 Å². The van der Waals surface area contributed by atoms with Crippen LogP contribution < -0.4 is 0 Å². The second-order valence-corrected chi connectivity index (χ2v) is 8.04. The van der Waals surface area contributed by atoms with Gasteiger partial charge >= 0.3 is 0 Å². The number of aliphatic imine (C=N–C) groups is 1. The van der Waals surface area contributed by atoms with Crippen molar-refractivity contribution in [3.8, 4) is 11.4 Å². The molecule has 1 N–H and O–H groups in total. The summed E-state index contributed by atoms with van der Waals surface area (Å²) in [6, 6.07) is 33.5. The molecule has 0 saturated carbocycles. The monoisotopic (exact) mass is 411 g/mol. The van der Waals surface area contributed by atoms with E-state index in [1.807, 2.05) is 30.3 Å². The van der Waals surface area contributed by atoms with Gasteiger partial charge in [-0.15, -0.1) is 0 Å². The van der Waals surface area contributed by atoms with Gasteiger partial charge in [0.1, 0.15) is 5.82 Å². The van der Waals surface area contributed by atoms with Crippen LogP contribution in [0.4, 0.5) is 5.69 Å². The van der Waals surface area contributed by atoms with E-state index in [-0.39, 0.29) is 0 Å². The average Bonchev–Trinajstić information content (AvgIpc) is 3.48. The highest BCUT2D eigenvalue weighted by Gasteiger charge is 2.14. The van der Waals surface area contributed by atoms with E-state index in [0.29, 0.717) is 0 Å². The highest BCUT2D eigenvalue weighted by molar-refractivity contribution is 6.06. The van der Waals surface area contributed by atoms with Crippen molar-refractivity contribution in [3.05, 3.63) is 119 Å². The fourth-order valence-corrected chi connectivity index (χ4v) is 4.12. The van der Waals surface area contributed by atoms with Gasteiger partial charge in [-0.3, -0.25) is 4.99 Å². The standard InChI is InChI=1S/C29H21N3/c1-2-6-25-24(5-1)19-28(30-25)22-15-11-20(12-16-22)9-10-21-13-17-23(18-14-21)29-31-26-7-3-4-8-27(26)32-29/h1-18H,19H2,(H,31,32). The number of aromatic amines is 1. The van der Waals surface area contributed by atoms with Gasteiger partial charge in [0.15, 0.2) is 0 Å². The average molecular weight is 412 g/mol. The van der Waals surface area contributed by atoms with Crippen molar-refractivity contribution in [1.29, 1.82) is 0 Å². The zero-order valence-electron chi connectivity index (χ0n) is 17.5. The zero-order chi connectivity index (χ0) is 21.3. The lowest BCUT2D eigenvalue weighted by molar-refractivity contribution is 1.33. The molecule has 0 saturated heterocycles. The van der Waals surface area contributed by atoms with Crippen molar-refractivity contribution in [2.75, 3.05) is 0 Å². The lowest BCUT2D eigenvalue weighted by Gasteiger charge is -2.02. The van der Waals surface area contributed by atoms with E-state index < -0.39 is 0 Å². The number of rotatable bonds is 4. The van der Waals surface area contributed by atoms with Gasteiger partial charge in [0.25, 0.3) is 0 Å². The summed E-state index contributed by atoms with van der Waals surface area (Å²) in [7, 11) is 0. The molecule has 3 nitrogen and oxygen atoms in total. The Morgan fingerprint density at radius 1 is 0.656 bits per heavy atom. The molecule has 152 valence electrons. The van der Waals surface area contributed by atoms with Crippen LogP contribution in [0.5, 0.6) is 0 Å². The Labute approximate surface area is 186 Å². The number of para-hydroxylation sites is 3. The minimum absolute atomic E-state index is 0.897. The van der Waals surface area contributed by atoms with Crippen LogP contribution >= 0.6 is 0 Å². The predicted molar refractivity (Wildman–Crippen MR) is 133 cm³/mol. The first-order valence-electron chi connectivity index (χ1n) is 10.8. The Bertz CT molecular complexity index is 1440. The minimum Gasteiger partial charge on any atom is -0.338 e. The van der Waals surface area contributed by atoms with Crippen molar-refractivity contribution < 1.29 is 0 Å². The van der Waals surface area contributed by atoms with E-state index in [9.17, 15) is 0 Å². The van der Waals surface area contributed by atoms with Crippen molar-refractivity contribution in [2.45, 2.75) is 6.42 Å². The summed E-state index contributed by atoms with van der Waals surface area (Å²) in [5.74, 6) is 0.897. The molecule has 1 aromatic heterocycles. The fraction of sp³-hybridized carbons (Fsp3) is 0.0345. The van der Waals surface area contributed by atoms with Crippen LogP contribution in [0.25, 0.3) is 34.6 Å². The first kappa shape index (κ1) is 18.5. The molecule has 0 spiro atoms. The molecule has 0 fully saturated rings. The number of hydrogen-bond acceptors (Lipinski definition) is 2. The first-order valence-corrected chi connectivity index (χ1v) is 10.8. The minimum atomic E-state index is 0.897. The van der Waals surface area contributed by atoms with E-state index in [1.165, 1.54) is 16.7 Å². The van der Waals surface area contributed by atoms with Gasteiger partial charge < -0.3 is 4.98 Å². The molecule has 0 bridgehead atoms. The van der Waals surface area contributed by atoms with Crippen LogP contribution in [0, 0.1) is 0 Å². The summed E-state index contributed by atoms with van der Waals surface area (Å²) in [6.45, 7) is 0. The van der Waals surface area contributed by atoms with Gasteiger partial charge in [0, 0.05) is 12.0 Å². The van der Waals surface area contributed by atoms with Crippen molar-refractivity contribution in [1.82, 2.24) is 9.97 Å². The Hall–Kier alpha value is -4.24. The summed E-state index contributed by atoms with van der Waals surface area (Å²) in [6.07, 6.45) is 5.19. The van der Waals surface area contributed by atoms with Crippen molar-refractivity contribution in [3.63, 3.8) is 0 Å². The number of imidazole rings is 1. The zero-order valence-corrected chi connectivity index (χ0v) is 17.5. The van der Waals surface area contributed by atoms with E-state index in [0.717, 1.165) is 45.8 Å². The van der Waals surface area contributed by atoms with Gasteiger partial charge in [-0.05, 0) is 40.5 Å². The molecule has 1 aliphatic rings. The van der Waals surface area contributed by atoms with E-state index in [4.69, 9.17) is 4.99 Å². The Morgan fingerprint density at radius 2 is 1.31 bits per heavy atom. The number of benzene rings is 4. The number of hydrogen-bond donors (Lipinski definition) is 1. The number of nitrogens with one attached hydrogen (secondary N) is 1. The van der Waals surface area contributed by atoms with E-state index >= 15 is 0 Å². The maximum absolute atomic E-state index is 4.78. The molecule has 0 aliphatic carbocycles. The lowest BCUT2D eigenvalue weighted by atomic mass is 10.0. The number of H-pyrrole nitrogens is 1. The highest BCUT2D eigenvalue weighted by Crippen LogP contribution is 2.28. The van der Waals surface area contributed by atoms with Gasteiger partial charge in [0.05, 0.1) is 22.4 Å². The van der Waals surface area contributed by atoms with Crippen LogP contribution in [0.1, 0.15) is 22.3 Å². The third-order valence-corrected chi connectivity index (χ3v) is 5.89. The van der Waals surface area contributed by atoms with Gasteiger partial charge in [0.2, 0.25) is 0 Å². The molecule has 4 aromatic carbocycles. The molecule has 6 rings (SSSR count). The normalized spacial score (nSPS) is 12.9. The third-order valence-electron chi connectivity index (χ3n) is 5.89. The summed E-state index contributed by atoms with van der Waals surface area (Å²) in [5, 5.41) is 0. The molecule has 0 radical (unpaired) electrons. The van der Waals surface area contributed by atoms with Gasteiger partial charge in [-0.2, -0.15) is 0 Å². The smallest absolute Gasteiger partial charge is 0.138 e. The fourth-order valence-electron chi connectivity index (χ4n) is 4.12.